The van der Waals surface area contributed by atoms with Crippen molar-refractivity contribution in [3.05, 3.63) is 71.1 Å². The van der Waals surface area contributed by atoms with Crippen molar-refractivity contribution < 1.29 is 4.79 Å². The van der Waals surface area contributed by atoms with E-state index in [0.29, 0.717) is 6.54 Å². The predicted molar refractivity (Wildman–Crippen MR) is 81.0 cm³/mol. The molecule has 3 heteroatoms. The minimum absolute atomic E-state index is 0.103. The maximum absolute atomic E-state index is 11.7. The third-order valence-corrected chi connectivity index (χ3v) is 3.06. The smallest absolute Gasteiger partial charge is 0.244 e. The second-order valence-corrected chi connectivity index (χ2v) is 4.77. The lowest BCUT2D eigenvalue weighted by molar-refractivity contribution is -0.116. The first-order valence-electron chi connectivity index (χ1n) is 6.57. The number of hydrogen-bond acceptors (Lipinski definition) is 2. The number of carbonyl (C=O) groups is 1. The molecule has 2 rings (SSSR count). The van der Waals surface area contributed by atoms with Crippen LogP contribution in [0.15, 0.2) is 48.8 Å². The van der Waals surface area contributed by atoms with E-state index in [1.165, 1.54) is 17.2 Å². The van der Waals surface area contributed by atoms with Gasteiger partial charge in [-0.3, -0.25) is 9.78 Å². The summed E-state index contributed by atoms with van der Waals surface area (Å²) in [5.74, 6) is -0.103. The largest absolute Gasteiger partial charge is 0.348 e. The zero-order valence-electron chi connectivity index (χ0n) is 11.8. The van der Waals surface area contributed by atoms with Crippen molar-refractivity contribution >= 4 is 12.0 Å². The standard InChI is InChI=1S/C17H18N2O/c1-13-5-7-16(14(2)10-13)12-19-17(20)8-6-15-4-3-9-18-11-15/h3-11H,12H2,1-2H3,(H,19,20)/b8-6+. The number of aryl methyl sites for hydroxylation is 2. The second kappa shape index (κ2) is 6.66. The number of pyridine rings is 1. The van der Waals surface area contributed by atoms with Gasteiger partial charge in [0.2, 0.25) is 5.91 Å². The van der Waals surface area contributed by atoms with Gasteiger partial charge in [0.05, 0.1) is 0 Å². The van der Waals surface area contributed by atoms with Gasteiger partial charge in [0.25, 0.3) is 0 Å². The number of carbonyl (C=O) groups excluding carboxylic acids is 1. The van der Waals surface area contributed by atoms with Crippen LogP contribution in [-0.4, -0.2) is 10.9 Å². The lowest BCUT2D eigenvalue weighted by Crippen LogP contribution is -2.20. The summed E-state index contributed by atoms with van der Waals surface area (Å²) in [7, 11) is 0. The molecule has 1 amide bonds. The molecule has 2 aromatic rings. The van der Waals surface area contributed by atoms with Crippen molar-refractivity contribution in [3.63, 3.8) is 0 Å². The topological polar surface area (TPSA) is 42.0 Å². The Bertz CT molecular complexity index is 618. The van der Waals surface area contributed by atoms with Crippen LogP contribution in [-0.2, 0) is 11.3 Å². The maximum atomic E-state index is 11.7. The number of nitrogens with one attached hydrogen (secondary N) is 1. The number of benzene rings is 1. The van der Waals surface area contributed by atoms with Crippen LogP contribution in [0.25, 0.3) is 6.08 Å². The number of rotatable bonds is 4. The Morgan fingerprint density at radius 1 is 1.30 bits per heavy atom. The molecule has 0 aliphatic heterocycles. The van der Waals surface area contributed by atoms with Crippen LogP contribution in [0, 0.1) is 13.8 Å². The summed E-state index contributed by atoms with van der Waals surface area (Å²) < 4.78 is 0. The summed E-state index contributed by atoms with van der Waals surface area (Å²) in [6, 6.07) is 9.97. The molecular formula is C17H18N2O. The molecular weight excluding hydrogens is 248 g/mol. The highest BCUT2D eigenvalue weighted by Crippen LogP contribution is 2.10. The van der Waals surface area contributed by atoms with Gasteiger partial charge in [-0.05, 0) is 42.7 Å². The molecule has 0 aliphatic rings. The van der Waals surface area contributed by atoms with Gasteiger partial charge in [-0.2, -0.15) is 0 Å². The Morgan fingerprint density at radius 3 is 2.85 bits per heavy atom. The first-order valence-corrected chi connectivity index (χ1v) is 6.57. The Hall–Kier alpha value is -2.42. The van der Waals surface area contributed by atoms with E-state index in [9.17, 15) is 4.79 Å². The molecule has 1 N–H and O–H groups in total. The molecule has 3 nitrogen and oxygen atoms in total. The highest BCUT2D eigenvalue weighted by Gasteiger charge is 2.00. The van der Waals surface area contributed by atoms with Gasteiger partial charge < -0.3 is 5.32 Å². The Balaban J connectivity index is 1.91. The first kappa shape index (κ1) is 14.0. The van der Waals surface area contributed by atoms with Crippen LogP contribution in [0.1, 0.15) is 22.3 Å². The molecule has 0 radical (unpaired) electrons. The molecule has 0 unspecified atom stereocenters. The molecule has 0 spiro atoms. The first-order chi connectivity index (χ1) is 9.65. The van der Waals surface area contributed by atoms with E-state index in [-0.39, 0.29) is 5.91 Å². The van der Waals surface area contributed by atoms with Crippen LogP contribution in [0.5, 0.6) is 0 Å². The number of hydrogen-bond donors (Lipinski definition) is 1. The molecule has 20 heavy (non-hydrogen) atoms. The summed E-state index contributed by atoms with van der Waals surface area (Å²) >= 11 is 0. The van der Waals surface area contributed by atoms with E-state index in [1.807, 2.05) is 12.1 Å². The lowest BCUT2D eigenvalue weighted by atomic mass is 10.1. The quantitative estimate of drug-likeness (QED) is 0.864. The van der Waals surface area contributed by atoms with E-state index < -0.39 is 0 Å². The number of amides is 1. The Labute approximate surface area is 119 Å². The summed E-state index contributed by atoms with van der Waals surface area (Å²) in [5.41, 5.74) is 4.48. The lowest BCUT2D eigenvalue weighted by Gasteiger charge is -2.07. The van der Waals surface area contributed by atoms with Crippen LogP contribution in [0.2, 0.25) is 0 Å². The minimum atomic E-state index is -0.103. The molecule has 0 saturated carbocycles. The fourth-order valence-electron chi connectivity index (χ4n) is 1.93. The van der Waals surface area contributed by atoms with Crippen LogP contribution in [0.3, 0.4) is 0 Å². The molecule has 1 aromatic heterocycles. The zero-order valence-corrected chi connectivity index (χ0v) is 11.8. The highest BCUT2D eigenvalue weighted by atomic mass is 16.1. The number of aromatic nitrogens is 1. The van der Waals surface area contributed by atoms with Crippen molar-refractivity contribution in [2.45, 2.75) is 20.4 Å². The van der Waals surface area contributed by atoms with Gasteiger partial charge in [0.1, 0.15) is 0 Å². The number of nitrogens with zero attached hydrogens (tertiary/aromatic N) is 1. The zero-order chi connectivity index (χ0) is 14.4. The van der Waals surface area contributed by atoms with E-state index >= 15 is 0 Å². The molecule has 0 fully saturated rings. The summed E-state index contributed by atoms with van der Waals surface area (Å²) in [6.45, 7) is 4.66. The van der Waals surface area contributed by atoms with Crippen molar-refractivity contribution in [3.8, 4) is 0 Å². The molecule has 1 heterocycles. The molecule has 1 aromatic carbocycles. The third kappa shape index (κ3) is 4.05. The predicted octanol–water partition coefficient (Wildman–Crippen LogP) is 3.03. The van der Waals surface area contributed by atoms with E-state index in [1.54, 1.807) is 18.5 Å². The normalized spacial score (nSPS) is 10.7. The summed E-state index contributed by atoms with van der Waals surface area (Å²) in [5, 5.41) is 2.88. The average Bonchev–Trinajstić information content (AvgIpc) is 2.45. The van der Waals surface area contributed by atoms with Gasteiger partial charge in [-0.15, -0.1) is 0 Å². The molecule has 102 valence electrons. The third-order valence-electron chi connectivity index (χ3n) is 3.06. The van der Waals surface area contributed by atoms with Gasteiger partial charge >= 0.3 is 0 Å². The van der Waals surface area contributed by atoms with Crippen molar-refractivity contribution in [1.29, 1.82) is 0 Å². The van der Waals surface area contributed by atoms with Crippen molar-refractivity contribution in [2.24, 2.45) is 0 Å². The van der Waals surface area contributed by atoms with Crippen LogP contribution >= 0.6 is 0 Å². The van der Waals surface area contributed by atoms with Gasteiger partial charge in [0, 0.05) is 25.0 Å². The fourth-order valence-corrected chi connectivity index (χ4v) is 1.93. The van der Waals surface area contributed by atoms with Crippen LogP contribution < -0.4 is 5.32 Å². The van der Waals surface area contributed by atoms with Crippen LogP contribution in [0.4, 0.5) is 0 Å². The van der Waals surface area contributed by atoms with E-state index in [4.69, 9.17) is 0 Å². The van der Waals surface area contributed by atoms with Gasteiger partial charge in [0.15, 0.2) is 0 Å². The van der Waals surface area contributed by atoms with Crippen molar-refractivity contribution in [1.82, 2.24) is 10.3 Å². The van der Waals surface area contributed by atoms with E-state index in [0.717, 1.165) is 11.1 Å². The summed E-state index contributed by atoms with van der Waals surface area (Å²) in [6.07, 6.45) is 6.70. The van der Waals surface area contributed by atoms with E-state index in [2.05, 4.69) is 42.3 Å². The molecule has 0 aliphatic carbocycles. The summed E-state index contributed by atoms with van der Waals surface area (Å²) in [4.78, 5) is 15.7. The Morgan fingerprint density at radius 2 is 2.15 bits per heavy atom. The second-order valence-electron chi connectivity index (χ2n) is 4.77. The monoisotopic (exact) mass is 266 g/mol. The van der Waals surface area contributed by atoms with Crippen molar-refractivity contribution in [2.75, 3.05) is 0 Å². The van der Waals surface area contributed by atoms with Gasteiger partial charge in [-0.25, -0.2) is 0 Å². The molecule has 0 saturated heterocycles. The highest BCUT2D eigenvalue weighted by molar-refractivity contribution is 5.91. The average molecular weight is 266 g/mol. The molecule has 0 bridgehead atoms. The Kier molecular flexibility index (Phi) is 4.66. The maximum Gasteiger partial charge on any atom is 0.244 e. The SMILES string of the molecule is Cc1ccc(CNC(=O)/C=C/c2cccnc2)c(C)c1. The molecule has 0 atom stereocenters. The minimum Gasteiger partial charge on any atom is -0.348 e. The van der Waals surface area contributed by atoms with Gasteiger partial charge in [-0.1, -0.05) is 29.8 Å². The fraction of sp³-hybridized carbons (Fsp3) is 0.176.